The van der Waals surface area contributed by atoms with E-state index >= 15 is 0 Å². The highest BCUT2D eigenvalue weighted by atomic mass is 79.9. The van der Waals surface area contributed by atoms with E-state index in [2.05, 4.69) is 36.5 Å². The Morgan fingerprint density at radius 3 is 2.77 bits per heavy atom. The quantitative estimate of drug-likeness (QED) is 0.442. The van der Waals surface area contributed by atoms with Crippen LogP contribution in [0.3, 0.4) is 0 Å². The second-order valence-electron chi connectivity index (χ2n) is 6.67. The van der Waals surface area contributed by atoms with Gasteiger partial charge in [0.05, 0.1) is 25.4 Å². The number of aliphatic imine (C=N–C) groups is 1. The third-order valence-electron chi connectivity index (χ3n) is 4.07. The lowest BCUT2D eigenvalue weighted by atomic mass is 10.1. The van der Waals surface area contributed by atoms with Crippen molar-refractivity contribution in [3.8, 4) is 0 Å². The number of rotatable bonds is 7. The van der Waals surface area contributed by atoms with E-state index in [0.717, 1.165) is 42.9 Å². The lowest BCUT2D eigenvalue weighted by molar-refractivity contribution is -0.0201. The normalized spacial score (nSPS) is 18.4. The van der Waals surface area contributed by atoms with Crippen molar-refractivity contribution >= 4 is 33.5 Å². The van der Waals surface area contributed by atoms with Crippen LogP contribution in [-0.4, -0.2) is 67.5 Å². The van der Waals surface area contributed by atoms with Crippen LogP contribution in [0.5, 0.6) is 0 Å². The van der Waals surface area contributed by atoms with Gasteiger partial charge in [-0.3, -0.25) is 4.90 Å². The molecule has 1 aromatic carbocycles. The fraction of sp³-hybridized carbons (Fsp3) is 0.611. The van der Waals surface area contributed by atoms with E-state index in [1.54, 1.807) is 0 Å². The predicted molar refractivity (Wildman–Crippen MR) is 110 cm³/mol. The molecule has 1 heterocycles. The average molecular weight is 448 g/mol. The average Bonchev–Trinajstić information content (AvgIpc) is 2.59. The van der Waals surface area contributed by atoms with Crippen LogP contribution < -0.4 is 10.6 Å². The highest BCUT2D eigenvalue weighted by molar-refractivity contribution is 9.10. The summed E-state index contributed by atoms with van der Waals surface area (Å²) in [6.07, 6.45) is 0. The van der Waals surface area contributed by atoms with Gasteiger partial charge < -0.3 is 20.5 Å². The molecule has 8 heteroatoms. The monoisotopic (exact) mass is 446 g/mol. The first-order valence-corrected chi connectivity index (χ1v) is 10.1. The fourth-order valence-corrected chi connectivity index (χ4v) is 3.46. The standard InChI is InChI=1S/C18H28BrClN4O2/c1-3-21-17(22-11-14-4-5-15(19)10-16(14)20)23-12-18(2,25)13-24-6-8-26-9-7-24/h4-5,10,25H,3,6-9,11-13H2,1-2H3,(H2,21,22,23). The zero-order chi connectivity index (χ0) is 19.0. The third kappa shape index (κ3) is 7.40. The minimum absolute atomic E-state index is 0.407. The summed E-state index contributed by atoms with van der Waals surface area (Å²) in [5.41, 5.74) is 0.0927. The Morgan fingerprint density at radius 2 is 2.12 bits per heavy atom. The Morgan fingerprint density at radius 1 is 1.38 bits per heavy atom. The maximum absolute atomic E-state index is 10.7. The fourth-order valence-electron chi connectivity index (χ4n) is 2.73. The van der Waals surface area contributed by atoms with Gasteiger partial charge in [0, 0.05) is 42.2 Å². The summed E-state index contributed by atoms with van der Waals surface area (Å²) >= 11 is 9.66. The molecule has 26 heavy (non-hydrogen) atoms. The molecule has 146 valence electrons. The molecule has 1 fully saturated rings. The highest BCUT2D eigenvalue weighted by Gasteiger charge is 2.25. The summed E-state index contributed by atoms with van der Waals surface area (Å²) in [6.45, 7) is 9.21. The van der Waals surface area contributed by atoms with Gasteiger partial charge in [-0.25, -0.2) is 4.99 Å². The number of nitrogens with one attached hydrogen (secondary N) is 2. The second-order valence-corrected chi connectivity index (χ2v) is 7.99. The summed E-state index contributed by atoms with van der Waals surface area (Å²) in [6, 6.07) is 5.76. The van der Waals surface area contributed by atoms with Gasteiger partial charge in [0.1, 0.15) is 0 Å². The molecule has 2 rings (SSSR count). The van der Waals surface area contributed by atoms with Crippen LogP contribution in [0.25, 0.3) is 0 Å². The van der Waals surface area contributed by atoms with E-state index < -0.39 is 5.60 Å². The van der Waals surface area contributed by atoms with Gasteiger partial charge in [-0.2, -0.15) is 0 Å². The summed E-state index contributed by atoms with van der Waals surface area (Å²) in [5.74, 6) is 0.661. The summed E-state index contributed by atoms with van der Waals surface area (Å²) < 4.78 is 6.30. The number of hydrogen-bond donors (Lipinski definition) is 3. The predicted octanol–water partition coefficient (Wildman–Crippen LogP) is 2.24. The zero-order valence-corrected chi connectivity index (χ0v) is 17.7. The van der Waals surface area contributed by atoms with E-state index in [4.69, 9.17) is 16.3 Å². The van der Waals surface area contributed by atoms with Crippen molar-refractivity contribution in [2.24, 2.45) is 4.99 Å². The van der Waals surface area contributed by atoms with Crippen molar-refractivity contribution in [3.63, 3.8) is 0 Å². The number of aliphatic hydroxyl groups is 1. The van der Waals surface area contributed by atoms with Crippen LogP contribution in [0.4, 0.5) is 0 Å². The molecule has 1 saturated heterocycles. The van der Waals surface area contributed by atoms with E-state index in [1.165, 1.54) is 0 Å². The van der Waals surface area contributed by atoms with Crippen molar-refractivity contribution in [2.45, 2.75) is 26.0 Å². The van der Waals surface area contributed by atoms with Crippen LogP contribution in [0.1, 0.15) is 19.4 Å². The number of guanidine groups is 1. The summed E-state index contributed by atoms with van der Waals surface area (Å²) in [4.78, 5) is 6.79. The first kappa shape index (κ1) is 21.4. The van der Waals surface area contributed by atoms with E-state index in [-0.39, 0.29) is 0 Å². The number of ether oxygens (including phenoxy) is 1. The Kier molecular flexibility index (Phi) is 8.63. The van der Waals surface area contributed by atoms with Crippen LogP contribution in [0.2, 0.25) is 5.02 Å². The van der Waals surface area contributed by atoms with Crippen LogP contribution >= 0.6 is 27.5 Å². The largest absolute Gasteiger partial charge is 0.387 e. The molecule has 0 bridgehead atoms. The Bertz CT molecular complexity index is 607. The number of nitrogens with zero attached hydrogens (tertiary/aromatic N) is 2. The van der Waals surface area contributed by atoms with Crippen molar-refractivity contribution in [2.75, 3.05) is 45.9 Å². The lowest BCUT2D eigenvalue weighted by Crippen LogP contribution is -2.52. The first-order valence-electron chi connectivity index (χ1n) is 8.88. The number of hydrogen-bond acceptors (Lipinski definition) is 4. The molecule has 3 N–H and O–H groups in total. The van der Waals surface area contributed by atoms with E-state index in [0.29, 0.717) is 30.6 Å². The Labute approximate surface area is 169 Å². The zero-order valence-electron chi connectivity index (χ0n) is 15.4. The van der Waals surface area contributed by atoms with Crippen LogP contribution in [0.15, 0.2) is 27.7 Å². The maximum atomic E-state index is 10.7. The number of benzene rings is 1. The molecule has 0 saturated carbocycles. The van der Waals surface area contributed by atoms with Crippen molar-refractivity contribution < 1.29 is 9.84 Å². The Hall–Kier alpha value is -0.860. The lowest BCUT2D eigenvalue weighted by Gasteiger charge is -2.34. The van der Waals surface area contributed by atoms with Crippen molar-refractivity contribution in [1.82, 2.24) is 15.5 Å². The molecule has 0 aromatic heterocycles. The van der Waals surface area contributed by atoms with E-state index in [1.807, 2.05) is 32.0 Å². The van der Waals surface area contributed by atoms with Gasteiger partial charge in [-0.1, -0.05) is 33.6 Å². The van der Waals surface area contributed by atoms with Gasteiger partial charge in [0.25, 0.3) is 0 Å². The Balaban J connectivity index is 1.91. The number of halogens is 2. The maximum Gasteiger partial charge on any atom is 0.191 e. The van der Waals surface area contributed by atoms with E-state index in [9.17, 15) is 5.11 Å². The van der Waals surface area contributed by atoms with Gasteiger partial charge >= 0.3 is 0 Å². The second kappa shape index (κ2) is 10.5. The SMILES string of the molecule is CCNC(=NCc1ccc(Br)cc1Cl)NCC(C)(O)CN1CCOCC1. The summed E-state index contributed by atoms with van der Waals surface area (Å²) in [7, 11) is 0. The third-order valence-corrected chi connectivity index (χ3v) is 4.92. The van der Waals surface area contributed by atoms with Crippen LogP contribution in [0, 0.1) is 0 Å². The molecule has 6 nitrogen and oxygen atoms in total. The van der Waals surface area contributed by atoms with Gasteiger partial charge in [0.2, 0.25) is 0 Å². The van der Waals surface area contributed by atoms with Gasteiger partial charge in [-0.15, -0.1) is 0 Å². The smallest absolute Gasteiger partial charge is 0.191 e. The van der Waals surface area contributed by atoms with Crippen LogP contribution in [-0.2, 0) is 11.3 Å². The molecule has 0 aliphatic carbocycles. The highest BCUT2D eigenvalue weighted by Crippen LogP contribution is 2.21. The molecule has 1 aromatic rings. The minimum atomic E-state index is -0.858. The molecule has 1 atom stereocenters. The molecular weight excluding hydrogens is 420 g/mol. The molecule has 1 aliphatic heterocycles. The van der Waals surface area contributed by atoms with Gasteiger partial charge in [0.15, 0.2) is 5.96 Å². The molecular formula is C18H28BrClN4O2. The number of β-amino-alcohol motifs (C(OH)–C–C–N with tert-alkyl or cyclic N) is 1. The summed E-state index contributed by atoms with van der Waals surface area (Å²) in [5, 5.41) is 17.8. The first-order chi connectivity index (χ1) is 12.4. The minimum Gasteiger partial charge on any atom is -0.387 e. The molecule has 0 spiro atoms. The van der Waals surface area contributed by atoms with Crippen molar-refractivity contribution in [1.29, 1.82) is 0 Å². The van der Waals surface area contributed by atoms with Crippen molar-refractivity contribution in [3.05, 3.63) is 33.3 Å². The molecule has 0 amide bonds. The molecule has 0 radical (unpaired) electrons. The topological polar surface area (TPSA) is 69.1 Å². The molecule has 1 unspecified atom stereocenters. The number of morpholine rings is 1. The van der Waals surface area contributed by atoms with Gasteiger partial charge in [-0.05, 0) is 31.5 Å². The molecule has 1 aliphatic rings.